The third kappa shape index (κ3) is 2.56. The average molecular weight is 412 g/mol. The molecule has 6 heteroatoms. The highest BCUT2D eigenvalue weighted by molar-refractivity contribution is 9.10. The summed E-state index contributed by atoms with van der Waals surface area (Å²) in [5.74, 6) is 0.918. The number of rotatable bonds is 2. The SMILES string of the molecule is Brc1ccc2c(c1)C1CC(c3cccs3)=NN1C(c1cccnc1)O2. The zero-order valence-corrected chi connectivity index (χ0v) is 15.6. The van der Waals surface area contributed by atoms with Crippen molar-refractivity contribution in [2.45, 2.75) is 18.7 Å². The Hall–Kier alpha value is -2.18. The van der Waals surface area contributed by atoms with Crippen molar-refractivity contribution >= 4 is 33.0 Å². The van der Waals surface area contributed by atoms with Crippen LogP contribution in [0.2, 0.25) is 0 Å². The number of hydrazone groups is 1. The van der Waals surface area contributed by atoms with E-state index in [1.54, 1.807) is 17.5 Å². The second-order valence-corrected chi connectivity index (χ2v) is 7.93. The summed E-state index contributed by atoms with van der Waals surface area (Å²) in [7, 11) is 0. The van der Waals surface area contributed by atoms with Crippen molar-refractivity contribution in [3.63, 3.8) is 0 Å². The van der Waals surface area contributed by atoms with Crippen LogP contribution in [0.25, 0.3) is 0 Å². The Morgan fingerprint density at radius 3 is 2.96 bits per heavy atom. The molecular weight excluding hydrogens is 398 g/mol. The standard InChI is InChI=1S/C19H14BrN3OS/c20-13-5-6-17-14(9-13)16-10-15(18-4-2-8-25-18)22-23(16)19(24-17)12-3-1-7-21-11-12/h1-9,11,16,19H,10H2. The minimum Gasteiger partial charge on any atom is -0.464 e. The summed E-state index contributed by atoms with van der Waals surface area (Å²) in [6.45, 7) is 0. The van der Waals surface area contributed by atoms with E-state index in [2.05, 4.69) is 49.5 Å². The van der Waals surface area contributed by atoms with Crippen LogP contribution in [0.1, 0.15) is 34.7 Å². The van der Waals surface area contributed by atoms with Gasteiger partial charge in [-0.3, -0.25) is 4.98 Å². The second kappa shape index (κ2) is 5.97. The van der Waals surface area contributed by atoms with Gasteiger partial charge in [-0.1, -0.05) is 28.1 Å². The Balaban J connectivity index is 1.62. The molecule has 1 aromatic carbocycles. The molecule has 2 aromatic heterocycles. The molecule has 25 heavy (non-hydrogen) atoms. The molecule has 0 bridgehead atoms. The number of hydrogen-bond acceptors (Lipinski definition) is 5. The summed E-state index contributed by atoms with van der Waals surface area (Å²) < 4.78 is 7.37. The van der Waals surface area contributed by atoms with E-state index in [9.17, 15) is 0 Å². The first kappa shape index (κ1) is 15.1. The van der Waals surface area contributed by atoms with Gasteiger partial charge in [-0.25, -0.2) is 5.01 Å². The minimum absolute atomic E-state index is 0.170. The van der Waals surface area contributed by atoms with Crippen LogP contribution in [-0.2, 0) is 0 Å². The zero-order chi connectivity index (χ0) is 16.8. The summed E-state index contributed by atoms with van der Waals surface area (Å²) in [5.41, 5.74) is 3.30. The van der Waals surface area contributed by atoms with Crippen molar-refractivity contribution in [2.75, 3.05) is 0 Å². The molecule has 0 N–H and O–H groups in total. The highest BCUT2D eigenvalue weighted by atomic mass is 79.9. The Bertz CT molecular complexity index is 943. The normalized spacial score (nSPS) is 21.3. The third-order valence-electron chi connectivity index (χ3n) is 4.53. The van der Waals surface area contributed by atoms with E-state index in [-0.39, 0.29) is 12.3 Å². The number of halogens is 1. The maximum Gasteiger partial charge on any atom is 0.215 e. The van der Waals surface area contributed by atoms with Gasteiger partial charge in [0.1, 0.15) is 5.75 Å². The van der Waals surface area contributed by atoms with Crippen LogP contribution >= 0.6 is 27.3 Å². The summed E-state index contributed by atoms with van der Waals surface area (Å²) in [6, 6.07) is 14.5. The maximum absolute atomic E-state index is 6.31. The Kier molecular flexibility index (Phi) is 3.60. The highest BCUT2D eigenvalue weighted by Gasteiger charge is 2.41. The quantitative estimate of drug-likeness (QED) is 0.585. The molecule has 0 amide bonds. The van der Waals surface area contributed by atoms with Gasteiger partial charge in [-0.15, -0.1) is 11.3 Å². The molecule has 0 radical (unpaired) electrons. The van der Waals surface area contributed by atoms with Gasteiger partial charge in [0, 0.05) is 34.4 Å². The molecule has 0 saturated carbocycles. The lowest BCUT2D eigenvalue weighted by Gasteiger charge is -2.38. The predicted octanol–water partition coefficient (Wildman–Crippen LogP) is 5.15. The lowest BCUT2D eigenvalue weighted by Crippen LogP contribution is -2.33. The van der Waals surface area contributed by atoms with E-state index < -0.39 is 0 Å². The van der Waals surface area contributed by atoms with Crippen LogP contribution in [-0.4, -0.2) is 15.7 Å². The van der Waals surface area contributed by atoms with E-state index in [0.29, 0.717) is 0 Å². The molecule has 0 spiro atoms. The van der Waals surface area contributed by atoms with E-state index in [0.717, 1.165) is 27.9 Å². The van der Waals surface area contributed by atoms with Crippen LogP contribution in [0.15, 0.2) is 69.8 Å². The van der Waals surface area contributed by atoms with Gasteiger partial charge in [0.05, 0.1) is 16.6 Å². The molecule has 2 aliphatic heterocycles. The molecular formula is C19H14BrN3OS. The first-order valence-corrected chi connectivity index (χ1v) is 9.72. The Labute approximate surface area is 157 Å². The van der Waals surface area contributed by atoms with Gasteiger partial charge in [0.25, 0.3) is 0 Å². The van der Waals surface area contributed by atoms with Gasteiger partial charge in [-0.05, 0) is 35.7 Å². The van der Waals surface area contributed by atoms with Gasteiger partial charge in [0.15, 0.2) is 0 Å². The van der Waals surface area contributed by atoms with Crippen molar-refractivity contribution in [1.82, 2.24) is 9.99 Å². The third-order valence-corrected chi connectivity index (χ3v) is 5.94. The molecule has 3 aromatic rings. The summed E-state index contributed by atoms with van der Waals surface area (Å²) >= 11 is 5.31. The predicted molar refractivity (Wildman–Crippen MR) is 102 cm³/mol. The minimum atomic E-state index is -0.259. The van der Waals surface area contributed by atoms with Crippen LogP contribution in [0.4, 0.5) is 0 Å². The molecule has 4 heterocycles. The van der Waals surface area contributed by atoms with Crippen LogP contribution in [0.3, 0.4) is 0 Å². The summed E-state index contributed by atoms with van der Waals surface area (Å²) in [6.07, 6.45) is 4.25. The van der Waals surface area contributed by atoms with Gasteiger partial charge < -0.3 is 4.74 Å². The molecule has 124 valence electrons. The van der Waals surface area contributed by atoms with E-state index >= 15 is 0 Å². The van der Waals surface area contributed by atoms with E-state index in [1.165, 1.54) is 10.4 Å². The summed E-state index contributed by atoms with van der Waals surface area (Å²) in [4.78, 5) is 5.47. The topological polar surface area (TPSA) is 37.7 Å². The van der Waals surface area contributed by atoms with Crippen LogP contribution in [0.5, 0.6) is 5.75 Å². The number of benzene rings is 1. The molecule has 2 atom stereocenters. The smallest absolute Gasteiger partial charge is 0.215 e. The first-order chi connectivity index (χ1) is 12.3. The number of aromatic nitrogens is 1. The van der Waals surface area contributed by atoms with E-state index in [1.807, 2.05) is 30.5 Å². The van der Waals surface area contributed by atoms with Crippen molar-refractivity contribution < 1.29 is 4.74 Å². The monoisotopic (exact) mass is 411 g/mol. The number of fused-ring (bicyclic) bond motifs is 3. The molecule has 0 saturated heterocycles. The second-order valence-electron chi connectivity index (χ2n) is 6.06. The fourth-order valence-electron chi connectivity index (χ4n) is 3.39. The van der Waals surface area contributed by atoms with Gasteiger partial charge in [0.2, 0.25) is 6.23 Å². The van der Waals surface area contributed by atoms with Gasteiger partial charge >= 0.3 is 0 Å². The number of thiophene rings is 1. The fraction of sp³-hybridized carbons (Fsp3) is 0.158. The van der Waals surface area contributed by atoms with Crippen molar-refractivity contribution in [3.8, 4) is 5.75 Å². The molecule has 0 aliphatic carbocycles. The largest absolute Gasteiger partial charge is 0.464 e. The zero-order valence-electron chi connectivity index (χ0n) is 13.2. The number of pyridine rings is 1. The Morgan fingerprint density at radius 2 is 2.16 bits per heavy atom. The van der Waals surface area contributed by atoms with Crippen molar-refractivity contribution in [2.24, 2.45) is 5.10 Å². The van der Waals surface area contributed by atoms with Gasteiger partial charge in [-0.2, -0.15) is 5.10 Å². The first-order valence-electron chi connectivity index (χ1n) is 8.05. The molecule has 4 nitrogen and oxygen atoms in total. The van der Waals surface area contributed by atoms with Crippen LogP contribution < -0.4 is 4.74 Å². The molecule has 0 fully saturated rings. The van der Waals surface area contributed by atoms with E-state index in [4.69, 9.17) is 9.84 Å². The summed E-state index contributed by atoms with van der Waals surface area (Å²) in [5, 5.41) is 9.11. The van der Waals surface area contributed by atoms with Crippen LogP contribution in [0, 0.1) is 0 Å². The lowest BCUT2D eigenvalue weighted by molar-refractivity contribution is -0.0192. The molecule has 2 unspecified atom stereocenters. The highest BCUT2D eigenvalue weighted by Crippen LogP contribution is 2.48. The molecule has 5 rings (SSSR count). The molecule has 2 aliphatic rings. The average Bonchev–Trinajstić information content (AvgIpc) is 3.31. The Morgan fingerprint density at radius 1 is 1.20 bits per heavy atom. The van der Waals surface area contributed by atoms with Crippen molar-refractivity contribution in [3.05, 3.63) is 80.7 Å². The number of hydrogen-bond donors (Lipinski definition) is 0. The van der Waals surface area contributed by atoms with Crippen molar-refractivity contribution in [1.29, 1.82) is 0 Å². The number of nitrogens with zero attached hydrogens (tertiary/aromatic N) is 3. The number of ether oxygens (including phenoxy) is 1. The fourth-order valence-corrected chi connectivity index (χ4v) is 4.49. The lowest BCUT2D eigenvalue weighted by atomic mass is 9.98. The maximum atomic E-state index is 6.31.